The summed E-state index contributed by atoms with van der Waals surface area (Å²) < 4.78 is 10.6. The highest BCUT2D eigenvalue weighted by Gasteiger charge is 2.27. The molecule has 0 aromatic heterocycles. The number of amides is 2. The van der Waals surface area contributed by atoms with Crippen LogP contribution in [-0.2, 0) is 32.1 Å². The van der Waals surface area contributed by atoms with E-state index in [1.165, 1.54) is 0 Å². The van der Waals surface area contributed by atoms with Crippen molar-refractivity contribution in [3.05, 3.63) is 71.8 Å². The van der Waals surface area contributed by atoms with Crippen LogP contribution in [0.5, 0.6) is 0 Å². The fourth-order valence-electron chi connectivity index (χ4n) is 2.90. The van der Waals surface area contributed by atoms with Crippen LogP contribution in [0.4, 0.5) is 4.79 Å². The van der Waals surface area contributed by atoms with Gasteiger partial charge in [-0.2, -0.15) is 0 Å². The van der Waals surface area contributed by atoms with Crippen LogP contribution in [0.1, 0.15) is 45.2 Å². The number of alkyl carbamates (subject to hydrolysis) is 1. The van der Waals surface area contributed by atoms with Crippen molar-refractivity contribution in [1.29, 1.82) is 0 Å². The lowest BCUT2D eigenvalue weighted by Gasteiger charge is -2.24. The number of hydrogen-bond donors (Lipinski definition) is 2. The first kappa shape index (κ1) is 24.9. The first-order valence-electron chi connectivity index (χ1n) is 10.7. The first-order valence-corrected chi connectivity index (χ1v) is 10.7. The van der Waals surface area contributed by atoms with E-state index in [-0.39, 0.29) is 6.61 Å². The van der Waals surface area contributed by atoms with Crippen LogP contribution in [0.2, 0.25) is 0 Å². The van der Waals surface area contributed by atoms with Crippen LogP contribution >= 0.6 is 0 Å². The molecule has 2 N–H and O–H groups in total. The van der Waals surface area contributed by atoms with Gasteiger partial charge in [-0.05, 0) is 51.7 Å². The van der Waals surface area contributed by atoms with Crippen molar-refractivity contribution in [2.24, 2.45) is 0 Å². The normalized spacial score (nSPS) is 12.9. The Balaban J connectivity index is 1.96. The number of nitrogens with one attached hydrogen (secondary N) is 2. The average Bonchev–Trinajstić information content (AvgIpc) is 2.75. The second-order valence-corrected chi connectivity index (χ2v) is 8.55. The first-order chi connectivity index (χ1) is 15.1. The third kappa shape index (κ3) is 9.20. The van der Waals surface area contributed by atoms with Gasteiger partial charge in [-0.25, -0.2) is 9.59 Å². The third-order valence-electron chi connectivity index (χ3n) is 4.51. The molecule has 0 radical (unpaired) electrons. The van der Waals surface area contributed by atoms with Gasteiger partial charge in [0, 0.05) is 0 Å². The van der Waals surface area contributed by atoms with E-state index in [4.69, 9.17) is 9.47 Å². The number of esters is 1. The summed E-state index contributed by atoms with van der Waals surface area (Å²) in [5.41, 5.74) is 1.19. The minimum Gasteiger partial charge on any atom is -0.459 e. The third-order valence-corrected chi connectivity index (χ3v) is 4.51. The zero-order valence-corrected chi connectivity index (χ0v) is 19.1. The number of benzene rings is 2. The van der Waals surface area contributed by atoms with Gasteiger partial charge in [-0.1, -0.05) is 60.7 Å². The summed E-state index contributed by atoms with van der Waals surface area (Å²) in [5.74, 6) is -1.03. The second-order valence-electron chi connectivity index (χ2n) is 8.55. The summed E-state index contributed by atoms with van der Waals surface area (Å²) in [6, 6.07) is 17.2. The molecule has 7 heteroatoms. The molecule has 0 saturated carbocycles. The van der Waals surface area contributed by atoms with Crippen molar-refractivity contribution in [2.75, 3.05) is 0 Å². The maximum absolute atomic E-state index is 12.9. The largest absolute Gasteiger partial charge is 0.459 e. The predicted octanol–water partition coefficient (Wildman–Crippen LogP) is 3.76. The fraction of sp³-hybridized carbons (Fsp3) is 0.400. The van der Waals surface area contributed by atoms with E-state index in [1.54, 1.807) is 27.7 Å². The van der Waals surface area contributed by atoms with E-state index < -0.39 is 35.7 Å². The molecule has 0 aliphatic heterocycles. The summed E-state index contributed by atoms with van der Waals surface area (Å²) in [5, 5.41) is 5.26. The molecular weight excluding hydrogens is 408 g/mol. The van der Waals surface area contributed by atoms with Gasteiger partial charge in [0.15, 0.2) is 0 Å². The standard InChI is InChI=1S/C25H32N2O5/c1-18(23(29)31-17-20-13-9-6-10-14-20)26-22(28)21(27-24(30)32-25(2,3)4)16-15-19-11-7-5-8-12-19/h5-14,18,21H,15-17H2,1-4H3,(H,26,28)(H,27,30). The summed E-state index contributed by atoms with van der Waals surface area (Å²) in [4.78, 5) is 37.4. The van der Waals surface area contributed by atoms with Gasteiger partial charge in [0.1, 0.15) is 24.3 Å². The van der Waals surface area contributed by atoms with Crippen LogP contribution in [0.15, 0.2) is 60.7 Å². The van der Waals surface area contributed by atoms with Gasteiger partial charge in [0.05, 0.1) is 0 Å². The molecule has 32 heavy (non-hydrogen) atoms. The molecule has 0 aliphatic carbocycles. The van der Waals surface area contributed by atoms with Crippen LogP contribution in [0, 0.1) is 0 Å². The highest BCUT2D eigenvalue weighted by atomic mass is 16.6. The van der Waals surface area contributed by atoms with E-state index in [1.807, 2.05) is 60.7 Å². The average molecular weight is 441 g/mol. The number of carbonyl (C=O) groups is 3. The second kappa shape index (κ2) is 11.9. The monoisotopic (exact) mass is 440 g/mol. The van der Waals surface area contributed by atoms with Crippen molar-refractivity contribution in [3.8, 4) is 0 Å². The minimum atomic E-state index is -0.870. The van der Waals surface area contributed by atoms with Crippen LogP contribution in [0.3, 0.4) is 0 Å². The van der Waals surface area contributed by atoms with Crippen LogP contribution in [-0.4, -0.2) is 35.7 Å². The molecule has 0 aliphatic rings. The quantitative estimate of drug-likeness (QED) is 0.579. The van der Waals surface area contributed by atoms with E-state index in [9.17, 15) is 14.4 Å². The van der Waals surface area contributed by atoms with E-state index in [0.717, 1.165) is 11.1 Å². The Hall–Kier alpha value is -3.35. The lowest BCUT2D eigenvalue weighted by molar-refractivity contribution is -0.148. The van der Waals surface area contributed by atoms with Gasteiger partial charge >= 0.3 is 12.1 Å². The number of aryl methyl sites for hydroxylation is 1. The van der Waals surface area contributed by atoms with Gasteiger partial charge in [-0.15, -0.1) is 0 Å². The van der Waals surface area contributed by atoms with Crippen LogP contribution in [0.25, 0.3) is 0 Å². The van der Waals surface area contributed by atoms with Crippen molar-refractivity contribution in [1.82, 2.24) is 10.6 Å². The van der Waals surface area contributed by atoms with Crippen LogP contribution < -0.4 is 10.6 Å². The Morgan fingerprint density at radius 3 is 2.00 bits per heavy atom. The minimum absolute atomic E-state index is 0.119. The molecule has 2 amide bonds. The maximum atomic E-state index is 12.9. The highest BCUT2D eigenvalue weighted by molar-refractivity contribution is 5.89. The zero-order valence-electron chi connectivity index (χ0n) is 19.1. The van der Waals surface area contributed by atoms with Gasteiger partial charge in [-0.3, -0.25) is 4.79 Å². The Kier molecular flexibility index (Phi) is 9.25. The molecule has 0 spiro atoms. The summed E-state index contributed by atoms with van der Waals surface area (Å²) in [7, 11) is 0. The zero-order chi connectivity index (χ0) is 23.6. The number of ether oxygens (including phenoxy) is 2. The van der Waals surface area contributed by atoms with E-state index in [0.29, 0.717) is 12.8 Å². The molecule has 0 saturated heterocycles. The SMILES string of the molecule is CC(NC(=O)C(CCc1ccccc1)NC(=O)OC(C)(C)C)C(=O)OCc1ccccc1. The maximum Gasteiger partial charge on any atom is 0.408 e. The number of hydrogen-bond acceptors (Lipinski definition) is 5. The van der Waals surface area contributed by atoms with E-state index >= 15 is 0 Å². The molecule has 172 valence electrons. The molecule has 2 atom stereocenters. The van der Waals surface area contributed by atoms with Crippen molar-refractivity contribution in [3.63, 3.8) is 0 Å². The molecule has 2 unspecified atom stereocenters. The lowest BCUT2D eigenvalue weighted by atomic mass is 10.0. The van der Waals surface area contributed by atoms with Crippen molar-refractivity contribution >= 4 is 18.0 Å². The topological polar surface area (TPSA) is 93.7 Å². The Labute approximate surface area is 189 Å². The smallest absolute Gasteiger partial charge is 0.408 e. The number of rotatable bonds is 9. The highest BCUT2D eigenvalue weighted by Crippen LogP contribution is 2.10. The molecule has 2 aromatic carbocycles. The van der Waals surface area contributed by atoms with Gasteiger partial charge in [0.2, 0.25) is 5.91 Å². The van der Waals surface area contributed by atoms with E-state index in [2.05, 4.69) is 10.6 Å². The van der Waals surface area contributed by atoms with Crippen molar-refractivity contribution < 1.29 is 23.9 Å². The lowest BCUT2D eigenvalue weighted by Crippen LogP contribution is -2.52. The summed E-state index contributed by atoms with van der Waals surface area (Å²) in [6.07, 6.45) is 0.229. The molecule has 0 bridgehead atoms. The van der Waals surface area contributed by atoms with Gasteiger partial charge in [0.25, 0.3) is 0 Å². The Morgan fingerprint density at radius 2 is 1.44 bits per heavy atom. The predicted molar refractivity (Wildman–Crippen MR) is 122 cm³/mol. The molecule has 7 nitrogen and oxygen atoms in total. The molecular formula is C25H32N2O5. The summed E-state index contributed by atoms with van der Waals surface area (Å²) in [6.45, 7) is 6.91. The molecule has 0 fully saturated rings. The Bertz CT molecular complexity index is 878. The molecule has 2 aromatic rings. The number of carbonyl (C=O) groups excluding carboxylic acids is 3. The van der Waals surface area contributed by atoms with Crippen molar-refractivity contribution in [2.45, 2.75) is 64.8 Å². The van der Waals surface area contributed by atoms with Gasteiger partial charge < -0.3 is 20.1 Å². The molecule has 2 rings (SSSR count). The summed E-state index contributed by atoms with van der Waals surface area (Å²) >= 11 is 0. The Morgan fingerprint density at radius 1 is 0.875 bits per heavy atom. The molecule has 0 heterocycles. The fourth-order valence-corrected chi connectivity index (χ4v) is 2.90.